The summed E-state index contributed by atoms with van der Waals surface area (Å²) in [6, 6.07) is 3.96. The first-order chi connectivity index (χ1) is 12.9. The first kappa shape index (κ1) is 18.2. The molecule has 2 aliphatic rings. The van der Waals surface area contributed by atoms with Crippen molar-refractivity contribution in [3.8, 4) is 0 Å². The van der Waals surface area contributed by atoms with Crippen LogP contribution in [-0.2, 0) is 14.9 Å². The van der Waals surface area contributed by atoms with Crippen LogP contribution in [0.4, 0.5) is 5.82 Å². The average Bonchev–Trinajstić information content (AvgIpc) is 3.04. The highest BCUT2D eigenvalue weighted by Gasteiger charge is 2.30. The molecule has 0 aromatic carbocycles. The topological polar surface area (TPSA) is 84.7 Å². The summed E-state index contributed by atoms with van der Waals surface area (Å²) in [6.45, 7) is 10.3. The van der Waals surface area contributed by atoms with Crippen LogP contribution >= 0.6 is 0 Å². The van der Waals surface area contributed by atoms with Crippen LogP contribution in [-0.4, -0.2) is 58.6 Å². The Hall–Kier alpha value is -2.22. The molecule has 8 heteroatoms. The van der Waals surface area contributed by atoms with E-state index in [9.17, 15) is 4.79 Å². The third kappa shape index (κ3) is 3.76. The van der Waals surface area contributed by atoms with Crippen LogP contribution in [0.1, 0.15) is 39.4 Å². The van der Waals surface area contributed by atoms with Gasteiger partial charge in [0.05, 0.1) is 0 Å². The summed E-state index contributed by atoms with van der Waals surface area (Å²) in [5.41, 5.74) is 0.654. The van der Waals surface area contributed by atoms with E-state index in [1.165, 1.54) is 0 Å². The van der Waals surface area contributed by atoms with Gasteiger partial charge in [-0.1, -0.05) is 20.8 Å². The second-order valence-corrected chi connectivity index (χ2v) is 8.64. The lowest BCUT2D eigenvalue weighted by atomic mass is 9.96. The molecule has 2 fully saturated rings. The molecule has 2 aromatic rings. The summed E-state index contributed by atoms with van der Waals surface area (Å²) < 4.78 is 7.16. The first-order valence-corrected chi connectivity index (χ1v) is 9.75. The number of fused-ring (bicyclic) bond motifs is 1. The number of anilines is 1. The van der Waals surface area contributed by atoms with E-state index in [1.54, 1.807) is 0 Å². The van der Waals surface area contributed by atoms with Crippen molar-refractivity contribution in [2.45, 2.75) is 39.0 Å². The molecule has 1 amide bonds. The molecule has 0 spiro atoms. The average molecular weight is 372 g/mol. The van der Waals surface area contributed by atoms with Gasteiger partial charge in [0.2, 0.25) is 5.91 Å². The number of amides is 1. The first-order valence-electron chi connectivity index (χ1n) is 9.75. The molecule has 1 N–H and O–H groups in total. The van der Waals surface area contributed by atoms with E-state index in [0.29, 0.717) is 19.1 Å². The van der Waals surface area contributed by atoms with Crippen molar-refractivity contribution in [2.24, 2.45) is 11.8 Å². The van der Waals surface area contributed by atoms with Gasteiger partial charge < -0.3 is 15.0 Å². The van der Waals surface area contributed by atoms with Crippen LogP contribution in [0.25, 0.3) is 5.65 Å². The smallest absolute Gasteiger partial charge is 0.223 e. The minimum Gasteiger partial charge on any atom is -0.381 e. The monoisotopic (exact) mass is 372 g/mol. The van der Waals surface area contributed by atoms with Crippen LogP contribution in [0.15, 0.2) is 12.1 Å². The Morgan fingerprint density at radius 2 is 1.96 bits per heavy atom. The molecule has 8 nitrogen and oxygen atoms in total. The maximum atomic E-state index is 12.2. The third-order valence-corrected chi connectivity index (χ3v) is 5.36. The Morgan fingerprint density at radius 3 is 2.67 bits per heavy atom. The van der Waals surface area contributed by atoms with E-state index >= 15 is 0 Å². The second kappa shape index (κ2) is 7.07. The highest BCUT2D eigenvalue weighted by atomic mass is 16.5. The van der Waals surface area contributed by atoms with Gasteiger partial charge in [-0.25, -0.2) is 0 Å². The van der Waals surface area contributed by atoms with Crippen molar-refractivity contribution in [2.75, 3.05) is 37.7 Å². The molecule has 0 atom stereocenters. The van der Waals surface area contributed by atoms with Gasteiger partial charge in [0.15, 0.2) is 11.5 Å². The van der Waals surface area contributed by atoms with Gasteiger partial charge in [-0.15, -0.1) is 15.3 Å². The molecular formula is C19H28N6O2. The zero-order chi connectivity index (χ0) is 19.0. The van der Waals surface area contributed by atoms with Crippen molar-refractivity contribution in [3.05, 3.63) is 18.0 Å². The Morgan fingerprint density at radius 1 is 1.22 bits per heavy atom. The minimum absolute atomic E-state index is 0.114. The summed E-state index contributed by atoms with van der Waals surface area (Å²) in [5, 5.41) is 16.4. The fraction of sp³-hybridized carbons (Fsp3) is 0.684. The lowest BCUT2D eigenvalue weighted by molar-refractivity contribution is -0.128. The van der Waals surface area contributed by atoms with Crippen molar-refractivity contribution < 1.29 is 9.53 Å². The van der Waals surface area contributed by atoms with Gasteiger partial charge in [0, 0.05) is 50.1 Å². The minimum atomic E-state index is -0.114. The summed E-state index contributed by atoms with van der Waals surface area (Å²) in [4.78, 5) is 14.5. The molecule has 0 radical (unpaired) electrons. The standard InChI is InChI=1S/C19H28N6O2/c1-19(2,3)18-22-21-15-4-5-16(23-25(15)18)24-11-13(12-24)10-20-17(26)14-6-8-27-9-7-14/h4-5,13-14H,6-12H2,1-3H3,(H,20,26). The molecule has 0 saturated carbocycles. The highest BCUT2D eigenvalue weighted by molar-refractivity contribution is 5.78. The number of ether oxygens (including phenoxy) is 1. The van der Waals surface area contributed by atoms with E-state index < -0.39 is 0 Å². The number of hydrogen-bond acceptors (Lipinski definition) is 6. The van der Waals surface area contributed by atoms with Gasteiger partial charge in [-0.3, -0.25) is 4.79 Å². The molecule has 27 heavy (non-hydrogen) atoms. The lowest BCUT2D eigenvalue weighted by Crippen LogP contribution is -2.52. The van der Waals surface area contributed by atoms with Gasteiger partial charge in [-0.05, 0) is 25.0 Å². The Kier molecular flexibility index (Phi) is 4.75. The van der Waals surface area contributed by atoms with Crippen LogP contribution in [0.3, 0.4) is 0 Å². The van der Waals surface area contributed by atoms with Crippen LogP contribution in [0.5, 0.6) is 0 Å². The van der Waals surface area contributed by atoms with Crippen LogP contribution < -0.4 is 10.2 Å². The molecule has 2 aliphatic heterocycles. The molecule has 0 bridgehead atoms. The SMILES string of the molecule is CC(C)(C)c1nnc2ccc(N3CC(CNC(=O)C4CCOCC4)C3)nn12. The zero-order valence-electron chi connectivity index (χ0n) is 16.3. The Labute approximate surface area is 159 Å². The molecule has 2 saturated heterocycles. The largest absolute Gasteiger partial charge is 0.381 e. The fourth-order valence-corrected chi connectivity index (χ4v) is 3.65. The third-order valence-electron chi connectivity index (χ3n) is 5.36. The Bertz CT molecular complexity index is 815. The van der Waals surface area contributed by atoms with Crippen LogP contribution in [0.2, 0.25) is 0 Å². The van der Waals surface area contributed by atoms with E-state index in [4.69, 9.17) is 9.84 Å². The molecule has 0 unspecified atom stereocenters. The Balaban J connectivity index is 1.33. The van der Waals surface area contributed by atoms with E-state index in [1.807, 2.05) is 16.6 Å². The second-order valence-electron chi connectivity index (χ2n) is 8.64. The maximum Gasteiger partial charge on any atom is 0.223 e. The van der Waals surface area contributed by atoms with Crippen molar-refractivity contribution in [3.63, 3.8) is 0 Å². The predicted molar refractivity (Wildman–Crippen MR) is 102 cm³/mol. The quantitative estimate of drug-likeness (QED) is 0.873. The number of nitrogens with one attached hydrogen (secondary N) is 1. The molecular weight excluding hydrogens is 344 g/mol. The predicted octanol–water partition coefficient (Wildman–Crippen LogP) is 1.40. The van der Waals surface area contributed by atoms with E-state index in [2.05, 4.69) is 41.2 Å². The summed E-state index contributed by atoms with van der Waals surface area (Å²) in [6.07, 6.45) is 1.67. The number of hydrogen-bond donors (Lipinski definition) is 1. The van der Waals surface area contributed by atoms with Crippen molar-refractivity contribution in [1.82, 2.24) is 25.1 Å². The molecule has 0 aliphatic carbocycles. The molecule has 4 heterocycles. The van der Waals surface area contributed by atoms with Gasteiger partial charge in [0.1, 0.15) is 5.82 Å². The van der Waals surface area contributed by atoms with Crippen molar-refractivity contribution in [1.29, 1.82) is 0 Å². The number of rotatable bonds is 4. The van der Waals surface area contributed by atoms with Crippen LogP contribution in [0, 0.1) is 11.8 Å². The fourth-order valence-electron chi connectivity index (χ4n) is 3.65. The molecule has 2 aromatic heterocycles. The zero-order valence-corrected chi connectivity index (χ0v) is 16.3. The van der Waals surface area contributed by atoms with Gasteiger partial charge in [-0.2, -0.15) is 4.52 Å². The number of carbonyl (C=O) groups is 1. The van der Waals surface area contributed by atoms with Gasteiger partial charge in [0.25, 0.3) is 0 Å². The highest BCUT2D eigenvalue weighted by Crippen LogP contribution is 2.25. The normalized spacial score (nSPS) is 19.3. The van der Waals surface area contributed by atoms with Gasteiger partial charge >= 0.3 is 0 Å². The van der Waals surface area contributed by atoms with Crippen molar-refractivity contribution >= 4 is 17.4 Å². The number of nitrogens with zero attached hydrogens (tertiary/aromatic N) is 5. The maximum absolute atomic E-state index is 12.2. The lowest BCUT2D eigenvalue weighted by Gasteiger charge is -2.40. The summed E-state index contributed by atoms with van der Waals surface area (Å²) in [7, 11) is 0. The summed E-state index contributed by atoms with van der Waals surface area (Å²) >= 11 is 0. The summed E-state index contributed by atoms with van der Waals surface area (Å²) in [5.74, 6) is 2.55. The molecule has 4 rings (SSSR count). The number of carbonyl (C=O) groups excluding carboxylic acids is 1. The van der Waals surface area contributed by atoms with E-state index in [-0.39, 0.29) is 17.2 Å². The number of aromatic nitrogens is 4. The van der Waals surface area contributed by atoms with E-state index in [0.717, 1.165) is 49.8 Å². The molecule has 146 valence electrons.